The van der Waals surface area contributed by atoms with Gasteiger partial charge in [0.2, 0.25) is 10.9 Å². The maximum absolute atomic E-state index is 13.0. The summed E-state index contributed by atoms with van der Waals surface area (Å²) in [4.78, 5) is 10.4. The number of carboxylic acid groups (broad SMARTS) is 1. The highest BCUT2D eigenvalue weighted by Gasteiger charge is 2.07. The van der Waals surface area contributed by atoms with Crippen molar-refractivity contribution in [3.05, 3.63) is 29.6 Å². The first-order valence-electron chi connectivity index (χ1n) is 3.44. The molecule has 0 saturated heterocycles. The molecule has 7 heteroatoms. The summed E-state index contributed by atoms with van der Waals surface area (Å²) in [5.74, 6) is -2.20. The van der Waals surface area contributed by atoms with Gasteiger partial charge in [-0.25, -0.2) is 17.6 Å². The zero-order valence-corrected chi connectivity index (χ0v) is 7.62. The van der Waals surface area contributed by atoms with Crippen molar-refractivity contribution in [1.29, 1.82) is 0 Å². The molecule has 1 aromatic carbocycles. The fourth-order valence-corrected chi connectivity index (χ4v) is 1.22. The van der Waals surface area contributed by atoms with Crippen LogP contribution in [0, 0.1) is 5.82 Å². The molecule has 0 fully saturated rings. The molecule has 0 amide bonds. The molecule has 0 aromatic heterocycles. The highest BCUT2D eigenvalue weighted by molar-refractivity contribution is 7.73. The van der Waals surface area contributed by atoms with Gasteiger partial charge in [0.15, 0.2) is 0 Å². The Bertz CT molecular complexity index is 435. The van der Waals surface area contributed by atoms with Crippen LogP contribution in [-0.2, 0) is 10.9 Å². The molecule has 0 aliphatic carbocycles. The second-order valence-electron chi connectivity index (χ2n) is 2.37. The molecule has 14 heavy (non-hydrogen) atoms. The summed E-state index contributed by atoms with van der Waals surface area (Å²) < 4.78 is 35.2. The lowest BCUT2D eigenvalue weighted by molar-refractivity contribution is 0.0696. The Morgan fingerprint density at radius 3 is 2.50 bits per heavy atom. The molecule has 5 nitrogen and oxygen atoms in total. The van der Waals surface area contributed by atoms with E-state index < -0.39 is 22.7 Å². The topological polar surface area (TPSA) is 83.5 Å². The SMILES string of the molecule is O=C(O)c1ccc(N[SH](=O)=O)c(F)c1. The van der Waals surface area contributed by atoms with Gasteiger partial charge in [0, 0.05) is 0 Å². The van der Waals surface area contributed by atoms with Crippen molar-refractivity contribution in [3.8, 4) is 0 Å². The number of carbonyl (C=O) groups is 1. The van der Waals surface area contributed by atoms with Crippen molar-refractivity contribution < 1.29 is 22.7 Å². The molecule has 1 aromatic rings. The number of thiol groups is 1. The standard InChI is InChI=1S/C7H6FNO4S/c8-5-3-4(7(10)11)1-2-6(5)9-14(12)13/h1-3,14H,(H,10,11)(H,9,12,13). The van der Waals surface area contributed by atoms with E-state index in [1.165, 1.54) is 0 Å². The lowest BCUT2D eigenvalue weighted by Crippen LogP contribution is -2.01. The second-order valence-corrected chi connectivity index (χ2v) is 3.11. The van der Waals surface area contributed by atoms with Gasteiger partial charge < -0.3 is 5.11 Å². The Kier molecular flexibility index (Phi) is 3.03. The van der Waals surface area contributed by atoms with Crippen molar-refractivity contribution in [2.45, 2.75) is 0 Å². The zero-order valence-electron chi connectivity index (χ0n) is 6.73. The molecule has 1 rings (SSSR count). The van der Waals surface area contributed by atoms with Crippen LogP contribution in [0.1, 0.15) is 10.4 Å². The van der Waals surface area contributed by atoms with Crippen molar-refractivity contribution in [2.75, 3.05) is 4.72 Å². The summed E-state index contributed by atoms with van der Waals surface area (Å²) in [5.41, 5.74) is -0.514. The van der Waals surface area contributed by atoms with Crippen LogP contribution in [0.25, 0.3) is 0 Å². The minimum atomic E-state index is -2.96. The van der Waals surface area contributed by atoms with E-state index in [2.05, 4.69) is 0 Å². The summed E-state index contributed by atoms with van der Waals surface area (Å²) in [6.45, 7) is 0. The molecular formula is C7H6FNO4S. The van der Waals surface area contributed by atoms with Gasteiger partial charge in [-0.2, -0.15) is 0 Å². The average Bonchev–Trinajstić information content (AvgIpc) is 2.07. The smallest absolute Gasteiger partial charge is 0.335 e. The molecule has 0 heterocycles. The fourth-order valence-electron chi connectivity index (χ4n) is 0.837. The van der Waals surface area contributed by atoms with Gasteiger partial charge in [-0.1, -0.05) is 0 Å². The summed E-state index contributed by atoms with van der Waals surface area (Å²) in [6.07, 6.45) is 0. The second kappa shape index (κ2) is 4.05. The Labute approximate surface area is 80.3 Å². The molecule has 0 unspecified atom stereocenters. The predicted octanol–water partition coefficient (Wildman–Crippen LogP) is 0.462. The number of benzene rings is 1. The zero-order chi connectivity index (χ0) is 10.7. The summed E-state index contributed by atoms with van der Waals surface area (Å²) in [7, 11) is -2.96. The first-order valence-corrected chi connectivity index (χ1v) is 4.62. The fraction of sp³-hybridized carbons (Fsp3) is 0. The molecule has 0 atom stereocenters. The normalized spacial score (nSPS) is 10.1. The summed E-state index contributed by atoms with van der Waals surface area (Å²) >= 11 is 0. The first kappa shape index (κ1) is 10.5. The van der Waals surface area contributed by atoms with E-state index in [1.54, 1.807) is 0 Å². The molecule has 0 saturated carbocycles. The molecule has 0 aliphatic heterocycles. The van der Waals surface area contributed by atoms with Crippen LogP contribution in [0.3, 0.4) is 0 Å². The van der Waals surface area contributed by atoms with Gasteiger partial charge in [0.25, 0.3) is 0 Å². The number of halogens is 1. The van der Waals surface area contributed by atoms with Crippen molar-refractivity contribution in [3.63, 3.8) is 0 Å². The third-order valence-electron chi connectivity index (χ3n) is 1.43. The minimum Gasteiger partial charge on any atom is -0.478 e. The van der Waals surface area contributed by atoms with Gasteiger partial charge in [-0.05, 0) is 18.2 Å². The summed E-state index contributed by atoms with van der Waals surface area (Å²) in [6, 6.07) is 2.89. The van der Waals surface area contributed by atoms with Crippen molar-refractivity contribution >= 4 is 22.5 Å². The lowest BCUT2D eigenvalue weighted by Gasteiger charge is -2.01. The van der Waals surface area contributed by atoms with Gasteiger partial charge in [0.05, 0.1) is 11.3 Å². The van der Waals surface area contributed by atoms with Crippen LogP contribution >= 0.6 is 0 Å². The quantitative estimate of drug-likeness (QED) is 0.645. The molecule has 0 radical (unpaired) electrons. The van der Waals surface area contributed by atoms with E-state index in [-0.39, 0.29) is 11.3 Å². The van der Waals surface area contributed by atoms with Crippen LogP contribution in [0.2, 0.25) is 0 Å². The van der Waals surface area contributed by atoms with Crippen LogP contribution in [0.15, 0.2) is 18.2 Å². The van der Waals surface area contributed by atoms with Crippen molar-refractivity contribution in [1.82, 2.24) is 0 Å². The van der Waals surface area contributed by atoms with E-state index in [0.29, 0.717) is 0 Å². The molecule has 0 spiro atoms. The number of anilines is 1. The Balaban J connectivity index is 3.07. The number of nitrogens with one attached hydrogen (secondary N) is 1. The maximum atomic E-state index is 13.0. The Morgan fingerprint density at radius 1 is 1.43 bits per heavy atom. The van der Waals surface area contributed by atoms with Gasteiger partial charge in [0.1, 0.15) is 5.82 Å². The van der Waals surface area contributed by atoms with Crippen LogP contribution in [0.5, 0.6) is 0 Å². The van der Waals surface area contributed by atoms with Gasteiger partial charge in [-0.3, -0.25) is 4.72 Å². The monoisotopic (exact) mass is 219 g/mol. The summed E-state index contributed by atoms with van der Waals surface area (Å²) in [5, 5.41) is 8.48. The molecule has 2 N–H and O–H groups in total. The van der Waals surface area contributed by atoms with E-state index in [0.717, 1.165) is 18.2 Å². The first-order chi connectivity index (χ1) is 6.50. The largest absolute Gasteiger partial charge is 0.478 e. The van der Waals surface area contributed by atoms with Crippen LogP contribution < -0.4 is 4.72 Å². The van der Waals surface area contributed by atoms with E-state index in [9.17, 15) is 17.6 Å². The van der Waals surface area contributed by atoms with Gasteiger partial charge in [-0.15, -0.1) is 0 Å². The number of carboxylic acids is 1. The Morgan fingerprint density at radius 2 is 2.07 bits per heavy atom. The molecular weight excluding hydrogens is 213 g/mol. The molecule has 0 bridgehead atoms. The maximum Gasteiger partial charge on any atom is 0.335 e. The Hall–Kier alpha value is -1.63. The van der Waals surface area contributed by atoms with Crippen molar-refractivity contribution in [2.24, 2.45) is 0 Å². The number of hydrogen-bond donors (Lipinski definition) is 3. The molecule has 0 aliphatic rings. The molecule has 76 valence electrons. The van der Waals surface area contributed by atoms with Crippen LogP contribution in [-0.4, -0.2) is 19.5 Å². The lowest BCUT2D eigenvalue weighted by atomic mass is 10.2. The highest BCUT2D eigenvalue weighted by Crippen LogP contribution is 2.15. The number of rotatable bonds is 3. The minimum absolute atomic E-state index is 0.242. The predicted molar refractivity (Wildman–Crippen MR) is 47.3 cm³/mol. The van der Waals surface area contributed by atoms with E-state index >= 15 is 0 Å². The van der Waals surface area contributed by atoms with Gasteiger partial charge >= 0.3 is 5.97 Å². The number of hydrogen-bond acceptors (Lipinski definition) is 3. The van der Waals surface area contributed by atoms with Crippen LogP contribution in [0.4, 0.5) is 10.1 Å². The number of aromatic carboxylic acids is 1. The third kappa shape index (κ3) is 2.43. The average molecular weight is 219 g/mol. The highest BCUT2D eigenvalue weighted by atomic mass is 32.2. The van der Waals surface area contributed by atoms with E-state index in [4.69, 9.17) is 5.11 Å². The van der Waals surface area contributed by atoms with E-state index in [1.807, 2.05) is 4.72 Å². The third-order valence-corrected chi connectivity index (χ3v) is 1.85.